The van der Waals surface area contributed by atoms with Gasteiger partial charge in [0.2, 0.25) is 5.78 Å². The highest BCUT2D eigenvalue weighted by Gasteiger charge is 2.46. The first-order valence-corrected chi connectivity index (χ1v) is 9.38. The average Bonchev–Trinajstić information content (AvgIpc) is 3.37. The molecule has 1 atom stereocenters. The summed E-state index contributed by atoms with van der Waals surface area (Å²) in [5.74, 6) is -1.85. The number of carbonyl (C=O) groups excluding carboxylic acids is 2. The molecule has 26 heavy (non-hydrogen) atoms. The summed E-state index contributed by atoms with van der Waals surface area (Å²) in [6.07, 6.45) is 1.53. The first-order chi connectivity index (χ1) is 12.6. The number of nitrogens with zero attached hydrogens (tertiary/aromatic N) is 2. The summed E-state index contributed by atoms with van der Waals surface area (Å²) in [6, 6.07) is 8.84. The predicted molar refractivity (Wildman–Crippen MR) is 98.8 cm³/mol. The number of Topliss-reactive ketones (excluding diaryl/α,β-unsaturated/α-hetero) is 1. The van der Waals surface area contributed by atoms with Crippen LogP contribution < -0.4 is 4.90 Å². The standard InChI is InChI=1S/C18H12N2O4S2/c21-11-5-2-1-4-10(11)14-13(15(22)12-6-3-8-25-12)16(23)17(24)20(14)18-19-7-9-26-18/h1-9,14,21,23H/t14-/m0/s1. The fourth-order valence-corrected chi connectivity index (χ4v) is 4.27. The van der Waals surface area contributed by atoms with Gasteiger partial charge in [-0.1, -0.05) is 24.3 Å². The first-order valence-electron chi connectivity index (χ1n) is 7.62. The molecule has 0 unspecified atom stereocenters. The van der Waals surface area contributed by atoms with Gasteiger partial charge in [0.1, 0.15) is 11.8 Å². The minimum Gasteiger partial charge on any atom is -0.508 e. The number of aromatic hydroxyl groups is 1. The van der Waals surface area contributed by atoms with E-state index in [1.807, 2.05) is 0 Å². The number of benzene rings is 1. The van der Waals surface area contributed by atoms with Gasteiger partial charge in [-0.2, -0.15) is 0 Å². The van der Waals surface area contributed by atoms with Crippen molar-refractivity contribution in [2.24, 2.45) is 0 Å². The van der Waals surface area contributed by atoms with Crippen LogP contribution >= 0.6 is 22.7 Å². The van der Waals surface area contributed by atoms with Crippen LogP contribution in [0.4, 0.5) is 5.13 Å². The molecule has 0 saturated heterocycles. The predicted octanol–water partition coefficient (Wildman–Crippen LogP) is 3.69. The zero-order valence-electron chi connectivity index (χ0n) is 13.2. The van der Waals surface area contributed by atoms with Crippen LogP contribution in [0.1, 0.15) is 21.3 Å². The van der Waals surface area contributed by atoms with Crippen LogP contribution in [-0.2, 0) is 4.79 Å². The summed E-state index contributed by atoms with van der Waals surface area (Å²) in [5, 5.41) is 24.6. The van der Waals surface area contributed by atoms with Crippen molar-refractivity contribution in [2.45, 2.75) is 6.04 Å². The van der Waals surface area contributed by atoms with Crippen LogP contribution in [0.15, 0.2) is 64.7 Å². The van der Waals surface area contributed by atoms with Gasteiger partial charge in [-0.05, 0) is 17.5 Å². The number of aliphatic hydroxyl groups excluding tert-OH is 1. The van der Waals surface area contributed by atoms with Crippen LogP contribution in [-0.4, -0.2) is 26.9 Å². The zero-order chi connectivity index (χ0) is 18.3. The van der Waals surface area contributed by atoms with Gasteiger partial charge in [-0.25, -0.2) is 4.98 Å². The molecule has 0 fully saturated rings. The van der Waals surface area contributed by atoms with Crippen LogP contribution in [0.25, 0.3) is 0 Å². The molecule has 2 aromatic heterocycles. The largest absolute Gasteiger partial charge is 0.508 e. The molecule has 3 heterocycles. The highest BCUT2D eigenvalue weighted by atomic mass is 32.1. The second kappa shape index (κ2) is 6.40. The Hall–Kier alpha value is -2.97. The molecule has 1 aliphatic heterocycles. The number of thiazole rings is 1. The molecule has 1 aromatic carbocycles. The average molecular weight is 384 g/mol. The maximum atomic E-state index is 13.0. The number of ketones is 1. The molecule has 0 bridgehead atoms. The highest BCUT2D eigenvalue weighted by molar-refractivity contribution is 7.14. The molecule has 4 rings (SSSR count). The summed E-state index contributed by atoms with van der Waals surface area (Å²) in [6.45, 7) is 0. The van der Waals surface area contributed by atoms with Crippen molar-refractivity contribution in [1.82, 2.24) is 4.98 Å². The first kappa shape index (κ1) is 16.5. The number of hydrogen-bond donors (Lipinski definition) is 2. The number of aliphatic hydroxyl groups is 1. The number of anilines is 1. The molecular weight excluding hydrogens is 372 g/mol. The van der Waals surface area contributed by atoms with Gasteiger partial charge in [-0.3, -0.25) is 14.5 Å². The Morgan fingerprint density at radius 2 is 1.88 bits per heavy atom. The molecule has 0 aliphatic carbocycles. The highest BCUT2D eigenvalue weighted by Crippen LogP contribution is 2.45. The van der Waals surface area contributed by atoms with Gasteiger partial charge in [0.05, 0.1) is 10.5 Å². The molecule has 2 N–H and O–H groups in total. The van der Waals surface area contributed by atoms with Gasteiger partial charge < -0.3 is 10.2 Å². The molecule has 6 nitrogen and oxygen atoms in total. The molecule has 1 aliphatic rings. The van der Waals surface area contributed by atoms with Crippen molar-refractivity contribution in [3.05, 3.63) is 75.1 Å². The summed E-state index contributed by atoms with van der Waals surface area (Å²) in [4.78, 5) is 31.5. The van der Waals surface area contributed by atoms with E-state index < -0.39 is 23.5 Å². The summed E-state index contributed by atoms with van der Waals surface area (Å²) in [5.41, 5.74) is 0.286. The second-order valence-corrected chi connectivity index (χ2v) is 7.34. The maximum absolute atomic E-state index is 13.0. The van der Waals surface area contributed by atoms with Gasteiger partial charge in [0.25, 0.3) is 5.91 Å². The quantitative estimate of drug-likeness (QED) is 0.670. The number of phenolic OH excluding ortho intramolecular Hbond substituents is 1. The Bertz CT molecular complexity index is 1010. The van der Waals surface area contributed by atoms with E-state index in [2.05, 4.69) is 4.98 Å². The van der Waals surface area contributed by atoms with Gasteiger partial charge in [-0.15, -0.1) is 22.7 Å². The monoisotopic (exact) mass is 384 g/mol. The topological polar surface area (TPSA) is 90.7 Å². The van der Waals surface area contributed by atoms with E-state index in [9.17, 15) is 19.8 Å². The Morgan fingerprint density at radius 1 is 1.08 bits per heavy atom. The van der Waals surface area contributed by atoms with Crippen molar-refractivity contribution in [2.75, 3.05) is 4.90 Å². The third-order valence-corrected chi connectivity index (χ3v) is 5.69. The van der Waals surface area contributed by atoms with Gasteiger partial charge in [0.15, 0.2) is 10.9 Å². The maximum Gasteiger partial charge on any atom is 0.296 e. The molecule has 1 amide bonds. The van der Waals surface area contributed by atoms with E-state index in [-0.39, 0.29) is 11.3 Å². The van der Waals surface area contributed by atoms with E-state index in [4.69, 9.17) is 0 Å². The number of amides is 1. The lowest BCUT2D eigenvalue weighted by Gasteiger charge is -2.24. The van der Waals surface area contributed by atoms with Crippen molar-refractivity contribution in [1.29, 1.82) is 0 Å². The van der Waals surface area contributed by atoms with E-state index in [0.29, 0.717) is 15.6 Å². The lowest BCUT2D eigenvalue weighted by Crippen LogP contribution is -2.30. The van der Waals surface area contributed by atoms with Crippen molar-refractivity contribution >= 4 is 39.5 Å². The third kappa shape index (κ3) is 2.51. The molecule has 0 saturated carbocycles. The van der Waals surface area contributed by atoms with E-state index in [1.165, 1.54) is 39.8 Å². The third-order valence-electron chi connectivity index (χ3n) is 4.05. The Kier molecular flexibility index (Phi) is 4.06. The van der Waals surface area contributed by atoms with E-state index in [1.54, 1.807) is 41.1 Å². The molecular formula is C18H12N2O4S2. The number of carbonyl (C=O) groups is 2. The number of aromatic nitrogens is 1. The Labute approximate surface area is 156 Å². The zero-order valence-corrected chi connectivity index (χ0v) is 14.8. The number of rotatable bonds is 4. The Balaban J connectivity index is 1.91. The molecule has 8 heteroatoms. The number of hydrogen-bond acceptors (Lipinski definition) is 7. The van der Waals surface area contributed by atoms with Crippen molar-refractivity contribution in [3.8, 4) is 5.75 Å². The lowest BCUT2D eigenvalue weighted by molar-refractivity contribution is -0.117. The number of thiophene rings is 1. The molecule has 0 radical (unpaired) electrons. The van der Waals surface area contributed by atoms with Crippen molar-refractivity contribution < 1.29 is 19.8 Å². The SMILES string of the molecule is O=C(C1=C(O)C(=O)N(c2nccs2)[C@H]1c1ccccc1O)c1cccs1. The van der Waals surface area contributed by atoms with Crippen LogP contribution in [0, 0.1) is 0 Å². The van der Waals surface area contributed by atoms with E-state index in [0.717, 1.165) is 0 Å². The Morgan fingerprint density at radius 3 is 2.54 bits per heavy atom. The summed E-state index contributed by atoms with van der Waals surface area (Å²) >= 11 is 2.43. The fraction of sp³-hybridized carbons (Fsp3) is 0.0556. The summed E-state index contributed by atoms with van der Waals surface area (Å²) in [7, 11) is 0. The normalized spacial score (nSPS) is 17.2. The summed E-state index contributed by atoms with van der Waals surface area (Å²) < 4.78 is 0. The smallest absolute Gasteiger partial charge is 0.296 e. The number of phenols is 1. The molecule has 130 valence electrons. The second-order valence-electron chi connectivity index (χ2n) is 5.52. The van der Waals surface area contributed by atoms with Gasteiger partial charge in [0, 0.05) is 17.1 Å². The molecule has 3 aromatic rings. The van der Waals surface area contributed by atoms with Gasteiger partial charge >= 0.3 is 0 Å². The van der Waals surface area contributed by atoms with Crippen molar-refractivity contribution in [3.63, 3.8) is 0 Å². The minimum atomic E-state index is -0.954. The van der Waals surface area contributed by atoms with Crippen LogP contribution in [0.2, 0.25) is 0 Å². The van der Waals surface area contributed by atoms with Crippen LogP contribution in [0.3, 0.4) is 0 Å². The number of para-hydroxylation sites is 1. The minimum absolute atomic E-state index is 0.0610. The van der Waals surface area contributed by atoms with Crippen LogP contribution in [0.5, 0.6) is 5.75 Å². The van der Waals surface area contributed by atoms with E-state index >= 15 is 0 Å². The molecule has 0 spiro atoms. The lowest BCUT2D eigenvalue weighted by atomic mass is 9.95. The fourth-order valence-electron chi connectivity index (χ4n) is 2.92.